The first-order valence-corrected chi connectivity index (χ1v) is 11.7. The minimum absolute atomic E-state index is 0.259. The van der Waals surface area contributed by atoms with Crippen LogP contribution in [0.3, 0.4) is 0 Å². The topological polar surface area (TPSA) is 13.0 Å². The molecule has 0 aliphatic carbocycles. The van der Waals surface area contributed by atoms with Crippen LogP contribution in [-0.4, -0.2) is 25.4 Å². The van der Waals surface area contributed by atoms with Crippen molar-refractivity contribution in [2.24, 2.45) is 0 Å². The zero-order valence-corrected chi connectivity index (χ0v) is 20.3. The number of aryl methyl sites for hydroxylation is 1. The number of hydrogen-bond donors (Lipinski definition) is 0. The molecule has 32 heavy (non-hydrogen) atoms. The fraction of sp³-hybridized carbons (Fsp3) is 0.357. The van der Waals surface area contributed by atoms with Crippen molar-refractivity contribution < 1.29 is 0 Å². The van der Waals surface area contributed by atoms with Crippen molar-refractivity contribution in [3.05, 3.63) is 71.8 Å². The fourth-order valence-electron chi connectivity index (χ4n) is 5.61. The maximum absolute atomic E-state index is 2.52. The van der Waals surface area contributed by atoms with E-state index < -0.39 is 0 Å². The molecule has 3 aromatic rings. The third kappa shape index (κ3) is 2.89. The molecule has 0 N–H and O–H groups in total. The van der Waals surface area contributed by atoms with Gasteiger partial charge in [-0.3, -0.25) is 0 Å². The Hall–Kier alpha value is -3.14. The molecule has 0 saturated heterocycles. The molecule has 5 rings (SSSR count). The van der Waals surface area contributed by atoms with Gasteiger partial charge in [0.25, 0.3) is 0 Å². The first-order valence-electron chi connectivity index (χ1n) is 11.7. The van der Waals surface area contributed by atoms with Crippen LogP contribution in [0.15, 0.2) is 60.7 Å². The maximum Gasteiger partial charge on any atom is 0.104 e. The monoisotopic (exact) mass is 426 g/mol. The molecule has 3 aromatic carbocycles. The molecule has 0 spiro atoms. The summed E-state index contributed by atoms with van der Waals surface area (Å²) in [6.45, 7) is 13.6. The molecule has 2 aliphatic rings. The number of fused-ring (bicyclic) bond motifs is 2. The summed E-state index contributed by atoms with van der Waals surface area (Å²) < 4.78 is 0. The lowest BCUT2D eigenvalue weighted by Crippen LogP contribution is -2.42. The normalized spacial score (nSPS) is 19.8. The lowest BCUT2D eigenvalue weighted by molar-refractivity contribution is 0.606. The van der Waals surface area contributed by atoms with Gasteiger partial charge in [-0.2, -0.15) is 0 Å². The predicted molar refractivity (Wildman–Crippen MR) is 138 cm³/mol. The minimum atomic E-state index is 0.259. The second kappa shape index (κ2) is 7.47. The summed E-state index contributed by atoms with van der Waals surface area (Å²) in [4.78, 5) is 9.89. The highest BCUT2D eigenvalue weighted by atomic mass is 15.4. The highest BCUT2D eigenvalue weighted by Crippen LogP contribution is 2.49. The minimum Gasteiger partial charge on any atom is -0.353 e. The first-order chi connectivity index (χ1) is 15.3. The molecule has 0 aromatic heterocycles. The SMILES string of the molecule is Cc1ccc2c(c1)N(C)[C@@H](C)N2c1cccc(N2c3ccccc3N(C(C)C)[C@@H]2C)c1C. The number of rotatable bonds is 3. The van der Waals surface area contributed by atoms with Crippen molar-refractivity contribution in [1.82, 2.24) is 0 Å². The average molecular weight is 427 g/mol. The Kier molecular flexibility index (Phi) is 4.85. The van der Waals surface area contributed by atoms with Crippen molar-refractivity contribution in [3.8, 4) is 0 Å². The fourth-order valence-corrected chi connectivity index (χ4v) is 5.61. The molecular weight excluding hydrogens is 392 g/mol. The van der Waals surface area contributed by atoms with E-state index in [1.807, 2.05) is 0 Å². The van der Waals surface area contributed by atoms with Crippen LogP contribution in [0.4, 0.5) is 34.1 Å². The summed E-state index contributed by atoms with van der Waals surface area (Å²) >= 11 is 0. The van der Waals surface area contributed by atoms with E-state index >= 15 is 0 Å². The van der Waals surface area contributed by atoms with Crippen molar-refractivity contribution in [3.63, 3.8) is 0 Å². The Balaban J connectivity index is 1.64. The van der Waals surface area contributed by atoms with E-state index in [0.29, 0.717) is 6.04 Å². The first kappa shape index (κ1) is 20.7. The van der Waals surface area contributed by atoms with Gasteiger partial charge in [0.05, 0.1) is 22.7 Å². The standard InChI is InChI=1S/C28H34N4/c1-18(2)30-22(6)32(26-12-9-8-11-25(26)30)24-14-10-13-23(20(24)4)31-21(5)29(7)28-17-19(3)15-16-27(28)31/h8-18,21-22H,1-7H3/t21-,22+/m1/s1. The van der Waals surface area contributed by atoms with Crippen molar-refractivity contribution in [2.75, 3.05) is 26.6 Å². The molecule has 4 heteroatoms. The molecule has 2 aliphatic heterocycles. The van der Waals surface area contributed by atoms with Crippen LogP contribution < -0.4 is 19.6 Å². The van der Waals surface area contributed by atoms with E-state index in [2.05, 4.69) is 129 Å². The summed E-state index contributed by atoms with van der Waals surface area (Å²) in [5.74, 6) is 0. The van der Waals surface area contributed by atoms with Crippen LogP contribution in [0, 0.1) is 13.8 Å². The average Bonchev–Trinajstić information content (AvgIpc) is 3.19. The quantitative estimate of drug-likeness (QED) is 0.449. The third-order valence-electron chi connectivity index (χ3n) is 7.25. The molecule has 4 nitrogen and oxygen atoms in total. The Morgan fingerprint density at radius 2 is 1.22 bits per heavy atom. The molecule has 166 valence electrons. The van der Waals surface area contributed by atoms with Gasteiger partial charge < -0.3 is 19.6 Å². The number of hydrogen-bond acceptors (Lipinski definition) is 4. The molecule has 0 amide bonds. The number of anilines is 6. The third-order valence-corrected chi connectivity index (χ3v) is 7.25. The molecule has 0 radical (unpaired) electrons. The molecule has 2 atom stereocenters. The lowest BCUT2D eigenvalue weighted by atomic mass is 10.1. The molecular formula is C28H34N4. The highest BCUT2D eigenvalue weighted by molar-refractivity contribution is 5.89. The smallest absolute Gasteiger partial charge is 0.104 e. The molecule has 0 saturated carbocycles. The van der Waals surface area contributed by atoms with E-state index in [1.54, 1.807) is 0 Å². The van der Waals surface area contributed by atoms with Gasteiger partial charge in [-0.25, -0.2) is 0 Å². The van der Waals surface area contributed by atoms with Gasteiger partial charge in [-0.1, -0.05) is 24.3 Å². The van der Waals surface area contributed by atoms with E-state index in [-0.39, 0.29) is 12.3 Å². The van der Waals surface area contributed by atoms with E-state index in [9.17, 15) is 0 Å². The number of nitrogens with zero attached hydrogens (tertiary/aromatic N) is 4. The van der Waals surface area contributed by atoms with Crippen LogP contribution in [0.5, 0.6) is 0 Å². The Bertz CT molecular complexity index is 1170. The summed E-state index contributed by atoms with van der Waals surface area (Å²) in [6, 6.07) is 22.8. The Morgan fingerprint density at radius 1 is 0.656 bits per heavy atom. The van der Waals surface area contributed by atoms with Crippen molar-refractivity contribution in [2.45, 2.75) is 59.9 Å². The van der Waals surface area contributed by atoms with Gasteiger partial charge in [0.2, 0.25) is 0 Å². The Morgan fingerprint density at radius 3 is 1.88 bits per heavy atom. The van der Waals surface area contributed by atoms with E-state index in [0.717, 1.165) is 0 Å². The van der Waals surface area contributed by atoms with Crippen molar-refractivity contribution in [1.29, 1.82) is 0 Å². The predicted octanol–water partition coefficient (Wildman–Crippen LogP) is 6.95. The van der Waals surface area contributed by atoms with Gasteiger partial charge in [0.15, 0.2) is 0 Å². The van der Waals surface area contributed by atoms with Crippen LogP contribution in [-0.2, 0) is 0 Å². The van der Waals surface area contributed by atoms with Gasteiger partial charge in [-0.05, 0) is 89.1 Å². The Labute approximate surface area is 192 Å². The summed E-state index contributed by atoms with van der Waals surface area (Å²) in [6.07, 6.45) is 0.520. The molecule has 0 unspecified atom stereocenters. The van der Waals surface area contributed by atoms with Crippen LogP contribution in [0.2, 0.25) is 0 Å². The van der Waals surface area contributed by atoms with Gasteiger partial charge in [0.1, 0.15) is 12.3 Å². The zero-order valence-electron chi connectivity index (χ0n) is 20.3. The van der Waals surface area contributed by atoms with Crippen LogP contribution in [0.1, 0.15) is 38.8 Å². The second-order valence-corrected chi connectivity index (χ2v) is 9.52. The highest BCUT2D eigenvalue weighted by Gasteiger charge is 2.37. The lowest BCUT2D eigenvalue weighted by Gasteiger charge is -2.35. The van der Waals surface area contributed by atoms with Crippen LogP contribution in [0.25, 0.3) is 0 Å². The van der Waals surface area contributed by atoms with E-state index in [4.69, 9.17) is 0 Å². The van der Waals surface area contributed by atoms with Crippen LogP contribution >= 0.6 is 0 Å². The second-order valence-electron chi connectivity index (χ2n) is 9.52. The maximum atomic E-state index is 2.52. The number of para-hydroxylation sites is 2. The van der Waals surface area contributed by atoms with E-state index in [1.165, 1.54) is 45.3 Å². The van der Waals surface area contributed by atoms with Gasteiger partial charge in [-0.15, -0.1) is 0 Å². The number of benzene rings is 3. The summed E-state index contributed by atoms with van der Waals surface area (Å²) in [5.41, 5.74) is 10.3. The molecule has 2 heterocycles. The van der Waals surface area contributed by atoms with Gasteiger partial charge >= 0.3 is 0 Å². The largest absolute Gasteiger partial charge is 0.353 e. The van der Waals surface area contributed by atoms with Crippen molar-refractivity contribution >= 4 is 34.1 Å². The zero-order chi connectivity index (χ0) is 22.7. The molecule has 0 fully saturated rings. The van der Waals surface area contributed by atoms with Gasteiger partial charge in [0, 0.05) is 24.5 Å². The summed E-state index contributed by atoms with van der Waals surface area (Å²) in [7, 11) is 2.20. The molecule has 0 bridgehead atoms. The summed E-state index contributed by atoms with van der Waals surface area (Å²) in [5, 5.41) is 0.